The van der Waals surface area contributed by atoms with Gasteiger partial charge in [-0.3, -0.25) is 9.09 Å². The van der Waals surface area contributed by atoms with Crippen molar-refractivity contribution in [1.82, 2.24) is 19.5 Å². The van der Waals surface area contributed by atoms with Gasteiger partial charge in [0.2, 0.25) is 0 Å². The maximum atomic E-state index is 14.9. The van der Waals surface area contributed by atoms with Crippen LogP contribution in [0.3, 0.4) is 0 Å². The molecule has 180 valence electrons. The molecule has 16 nitrogen and oxygen atoms in total. The third-order valence-electron chi connectivity index (χ3n) is 3.78. The standard InChI is InChI=1S/C10H13F3N5O11P3/c11-4-1-5(18-3-15-6-7(14)16-9(12)17-8(6)18)27-10(4,13)2-26-31(22,23)29-32(24,25)28-30(19,20)21/h3-5H,1-2H2,(H,22,23)(H,24,25)(H2,14,16,17)(H2,19,20,21)/t4-,5+,10+/m0/s1. The van der Waals surface area contributed by atoms with E-state index in [0.29, 0.717) is 0 Å². The van der Waals surface area contributed by atoms with Gasteiger partial charge in [-0.15, -0.1) is 0 Å². The second-order valence-corrected chi connectivity index (χ2v) is 10.5. The van der Waals surface area contributed by atoms with Gasteiger partial charge in [-0.25, -0.2) is 27.5 Å². The highest BCUT2D eigenvalue weighted by atomic mass is 31.3. The van der Waals surface area contributed by atoms with Gasteiger partial charge < -0.3 is 30.0 Å². The highest BCUT2D eigenvalue weighted by molar-refractivity contribution is 7.66. The fraction of sp³-hybridized carbons (Fsp3) is 0.500. The first-order valence-electron chi connectivity index (χ1n) is 7.95. The molecule has 0 radical (unpaired) electrons. The van der Waals surface area contributed by atoms with Crippen molar-refractivity contribution in [2.75, 3.05) is 12.3 Å². The highest BCUT2D eigenvalue weighted by Crippen LogP contribution is 2.66. The number of anilines is 1. The number of imidazole rings is 1. The molecule has 2 aromatic rings. The third-order valence-corrected chi connectivity index (χ3v) is 7.56. The quantitative estimate of drug-likeness (QED) is 0.235. The molecule has 22 heteroatoms. The minimum atomic E-state index is -5.85. The lowest BCUT2D eigenvalue weighted by Gasteiger charge is -2.23. The number of hydrogen-bond donors (Lipinski definition) is 5. The summed E-state index contributed by atoms with van der Waals surface area (Å²) in [5.74, 6) is -3.79. The molecule has 2 aromatic heterocycles. The van der Waals surface area contributed by atoms with Crippen LogP contribution in [0.5, 0.6) is 0 Å². The van der Waals surface area contributed by atoms with E-state index >= 15 is 0 Å². The van der Waals surface area contributed by atoms with Crippen LogP contribution in [0, 0.1) is 6.08 Å². The van der Waals surface area contributed by atoms with E-state index in [1.165, 1.54) is 0 Å². The van der Waals surface area contributed by atoms with Gasteiger partial charge in [-0.1, -0.05) is 0 Å². The summed E-state index contributed by atoms with van der Waals surface area (Å²) >= 11 is 0. The van der Waals surface area contributed by atoms with Gasteiger partial charge >= 0.3 is 29.5 Å². The van der Waals surface area contributed by atoms with E-state index in [9.17, 15) is 31.8 Å². The van der Waals surface area contributed by atoms with E-state index in [0.717, 1.165) is 10.9 Å². The second-order valence-electron chi connectivity index (χ2n) is 6.13. The van der Waals surface area contributed by atoms with Crippen molar-refractivity contribution in [3.63, 3.8) is 0 Å². The van der Waals surface area contributed by atoms with E-state index in [4.69, 9.17) is 25.2 Å². The van der Waals surface area contributed by atoms with E-state index in [1.807, 2.05) is 0 Å². The van der Waals surface area contributed by atoms with E-state index < -0.39 is 60.8 Å². The highest BCUT2D eigenvalue weighted by Gasteiger charge is 2.53. The molecule has 1 fully saturated rings. The lowest BCUT2D eigenvalue weighted by Crippen LogP contribution is -2.36. The summed E-state index contributed by atoms with van der Waals surface area (Å²) < 4.78 is 92.9. The SMILES string of the molecule is Nc1nc(F)nc2c1ncn2[C@H]1C[C@H](F)[C@@](F)(COP(=O)(O)OP(=O)(O)OP(=O)(O)O)O1. The predicted molar refractivity (Wildman–Crippen MR) is 93.0 cm³/mol. The van der Waals surface area contributed by atoms with Gasteiger partial charge in [0.1, 0.15) is 12.8 Å². The molecule has 32 heavy (non-hydrogen) atoms. The van der Waals surface area contributed by atoms with Gasteiger partial charge in [0.25, 0.3) is 5.85 Å². The molecule has 0 spiro atoms. The zero-order chi connectivity index (χ0) is 24.1. The smallest absolute Gasteiger partial charge is 0.382 e. The van der Waals surface area contributed by atoms with Crippen LogP contribution in [-0.2, 0) is 31.6 Å². The number of alkyl halides is 2. The topological polar surface area (TPSA) is 239 Å². The Balaban J connectivity index is 1.73. The molecule has 1 aliphatic rings. The number of rotatable bonds is 8. The van der Waals surface area contributed by atoms with E-state index in [-0.39, 0.29) is 17.0 Å². The van der Waals surface area contributed by atoms with Crippen molar-refractivity contribution in [3.05, 3.63) is 12.4 Å². The molecule has 0 amide bonds. The van der Waals surface area contributed by atoms with Crippen LogP contribution in [0.2, 0.25) is 0 Å². The Bertz CT molecular complexity index is 1180. The van der Waals surface area contributed by atoms with Gasteiger partial charge in [-0.2, -0.15) is 23.0 Å². The van der Waals surface area contributed by atoms with Crippen molar-refractivity contribution in [1.29, 1.82) is 0 Å². The van der Waals surface area contributed by atoms with Crippen LogP contribution >= 0.6 is 23.5 Å². The Morgan fingerprint density at radius 1 is 1.22 bits per heavy atom. The molecule has 0 aliphatic carbocycles. The zero-order valence-corrected chi connectivity index (χ0v) is 17.8. The predicted octanol–water partition coefficient (Wildman–Crippen LogP) is 0.814. The molecule has 0 aromatic carbocycles. The first-order chi connectivity index (χ1) is 14.5. The Morgan fingerprint density at radius 3 is 2.50 bits per heavy atom. The summed E-state index contributed by atoms with van der Waals surface area (Å²) in [6.07, 6.45) is -5.06. The van der Waals surface area contributed by atoms with Crippen molar-refractivity contribution in [2.45, 2.75) is 24.7 Å². The number of halogens is 3. The molecular formula is C10H13F3N5O11P3. The number of phosphoric ester groups is 1. The Morgan fingerprint density at radius 2 is 1.88 bits per heavy atom. The number of fused-ring (bicyclic) bond motifs is 1. The zero-order valence-electron chi connectivity index (χ0n) is 15.1. The number of aromatic nitrogens is 4. The molecule has 3 rings (SSSR count). The maximum Gasteiger partial charge on any atom is 0.490 e. The molecule has 1 aliphatic heterocycles. The monoisotopic (exact) mass is 529 g/mol. The molecule has 5 atom stereocenters. The Kier molecular flexibility index (Phi) is 6.58. The summed E-state index contributed by atoms with van der Waals surface area (Å²) in [7, 11) is -17.2. The van der Waals surface area contributed by atoms with Crippen LogP contribution in [0.1, 0.15) is 12.6 Å². The number of ether oxygens (including phenoxy) is 1. The summed E-state index contributed by atoms with van der Waals surface area (Å²) in [5.41, 5.74) is 5.11. The van der Waals surface area contributed by atoms with Crippen molar-refractivity contribution in [2.24, 2.45) is 0 Å². The number of nitrogens with zero attached hydrogens (tertiary/aromatic N) is 4. The van der Waals surface area contributed by atoms with Gasteiger partial charge in [0.15, 0.2) is 23.2 Å². The first kappa shape index (κ1) is 25.1. The minimum Gasteiger partial charge on any atom is -0.382 e. The molecule has 0 saturated carbocycles. The van der Waals surface area contributed by atoms with Gasteiger partial charge in [-0.05, 0) is 0 Å². The molecule has 3 heterocycles. The molecule has 2 unspecified atom stereocenters. The summed E-state index contributed by atoms with van der Waals surface area (Å²) in [6, 6.07) is 0. The largest absolute Gasteiger partial charge is 0.490 e. The van der Waals surface area contributed by atoms with Gasteiger partial charge in [0.05, 0.1) is 6.33 Å². The van der Waals surface area contributed by atoms with E-state index in [1.54, 1.807) is 0 Å². The average Bonchev–Trinajstić information content (AvgIpc) is 3.12. The lowest BCUT2D eigenvalue weighted by atomic mass is 10.2. The normalized spacial score (nSPS) is 28.0. The fourth-order valence-corrected chi connectivity index (χ4v) is 5.62. The van der Waals surface area contributed by atoms with Crippen LogP contribution in [0.4, 0.5) is 19.0 Å². The summed E-state index contributed by atoms with van der Waals surface area (Å²) in [5, 5.41) is 0. The fourth-order valence-electron chi connectivity index (χ4n) is 2.59. The van der Waals surface area contributed by atoms with Crippen LogP contribution in [-0.4, -0.2) is 57.7 Å². The molecular weight excluding hydrogens is 516 g/mol. The Hall–Kier alpha value is -1.49. The first-order valence-corrected chi connectivity index (χ1v) is 12.5. The average molecular weight is 529 g/mol. The number of hydrogen-bond acceptors (Lipinski definition) is 11. The molecule has 0 bridgehead atoms. The molecule has 6 N–H and O–H groups in total. The number of nitrogen functional groups attached to an aromatic ring is 1. The second kappa shape index (κ2) is 8.38. The van der Waals surface area contributed by atoms with Crippen LogP contribution in [0.25, 0.3) is 11.2 Å². The van der Waals surface area contributed by atoms with Crippen LogP contribution in [0.15, 0.2) is 6.33 Å². The minimum absolute atomic E-state index is 0.102. The molecule has 1 saturated heterocycles. The number of phosphoric acid groups is 3. The van der Waals surface area contributed by atoms with Crippen molar-refractivity contribution >= 4 is 40.4 Å². The van der Waals surface area contributed by atoms with Crippen molar-refractivity contribution in [3.8, 4) is 0 Å². The number of nitrogens with two attached hydrogens (primary N) is 1. The summed E-state index contributed by atoms with van der Waals surface area (Å²) in [6.45, 7) is -1.69. The third kappa shape index (κ3) is 5.70. The van der Waals surface area contributed by atoms with Gasteiger partial charge in [0, 0.05) is 6.42 Å². The Labute approximate surface area is 174 Å². The van der Waals surface area contributed by atoms with Crippen LogP contribution < -0.4 is 5.73 Å². The van der Waals surface area contributed by atoms with E-state index in [2.05, 4.69) is 28.1 Å². The summed E-state index contributed by atoms with van der Waals surface area (Å²) in [4.78, 5) is 45.7. The van der Waals surface area contributed by atoms with Crippen molar-refractivity contribution < 1.29 is 64.3 Å². The lowest BCUT2D eigenvalue weighted by molar-refractivity contribution is -0.192. The maximum absolute atomic E-state index is 14.9.